The fraction of sp³-hybridized carbons (Fsp3) is 0.412. The summed E-state index contributed by atoms with van der Waals surface area (Å²) in [6, 6.07) is 24.1. The van der Waals surface area contributed by atoms with Crippen LogP contribution in [0.1, 0.15) is 60.3 Å². The van der Waals surface area contributed by atoms with Crippen molar-refractivity contribution in [2.75, 3.05) is 32.8 Å². The quantitative estimate of drug-likeness (QED) is 0.181. The predicted molar refractivity (Wildman–Crippen MR) is 163 cm³/mol. The number of aliphatic hydroxyl groups excluding tert-OH is 1. The molecule has 0 aliphatic carbocycles. The second kappa shape index (κ2) is 15.9. The molecule has 10 heteroatoms. The van der Waals surface area contributed by atoms with Gasteiger partial charge in [-0.2, -0.15) is 0 Å². The SMILES string of the molecule is O=C(CCCC(=O)NCc1cccc(-c2ccc([C@H]3O[C@@H](CN4CCOCC4)C[C@@H](c4ccc(CO)cc4)O3)cc2)c1)NO. The van der Waals surface area contributed by atoms with Crippen LogP contribution in [0, 0.1) is 0 Å². The van der Waals surface area contributed by atoms with E-state index in [2.05, 4.69) is 22.3 Å². The maximum atomic E-state index is 12.2. The van der Waals surface area contributed by atoms with Crippen molar-refractivity contribution in [2.45, 2.75) is 57.3 Å². The topological polar surface area (TPSA) is 130 Å². The van der Waals surface area contributed by atoms with Crippen molar-refractivity contribution in [1.82, 2.24) is 15.7 Å². The first-order valence-electron chi connectivity index (χ1n) is 15.2. The summed E-state index contributed by atoms with van der Waals surface area (Å²) < 4.78 is 18.6. The average molecular weight is 604 g/mol. The Bertz CT molecular complexity index is 1360. The third-order valence-corrected chi connectivity index (χ3v) is 8.05. The molecule has 0 unspecified atom stereocenters. The van der Waals surface area contributed by atoms with E-state index in [4.69, 9.17) is 19.4 Å². The molecule has 0 saturated carbocycles. The summed E-state index contributed by atoms with van der Waals surface area (Å²) in [5.74, 6) is -0.646. The highest BCUT2D eigenvalue weighted by molar-refractivity contribution is 5.78. The highest BCUT2D eigenvalue weighted by Crippen LogP contribution is 2.38. The van der Waals surface area contributed by atoms with E-state index in [0.29, 0.717) is 13.0 Å². The lowest BCUT2D eigenvalue weighted by Gasteiger charge is -2.39. The zero-order valence-corrected chi connectivity index (χ0v) is 24.8. The number of rotatable bonds is 12. The molecule has 3 atom stereocenters. The van der Waals surface area contributed by atoms with Crippen molar-refractivity contribution < 1.29 is 34.1 Å². The van der Waals surface area contributed by atoms with Crippen molar-refractivity contribution in [1.29, 1.82) is 0 Å². The fourth-order valence-electron chi connectivity index (χ4n) is 5.55. The van der Waals surface area contributed by atoms with Crippen LogP contribution in [0.5, 0.6) is 0 Å². The van der Waals surface area contributed by atoms with E-state index in [1.807, 2.05) is 60.7 Å². The predicted octanol–water partition coefficient (Wildman–Crippen LogP) is 4.02. The zero-order chi connectivity index (χ0) is 30.7. The first kappa shape index (κ1) is 31.8. The molecule has 2 fully saturated rings. The number of carbonyl (C=O) groups is 2. The number of hydrogen-bond donors (Lipinski definition) is 4. The van der Waals surface area contributed by atoms with Gasteiger partial charge in [-0.1, -0.05) is 66.7 Å². The molecular formula is C34H41N3O7. The number of morpholine rings is 1. The van der Waals surface area contributed by atoms with Gasteiger partial charge in [0, 0.05) is 51.0 Å². The van der Waals surface area contributed by atoms with E-state index in [1.54, 1.807) is 5.48 Å². The van der Waals surface area contributed by atoms with E-state index in [9.17, 15) is 14.7 Å². The van der Waals surface area contributed by atoms with Gasteiger partial charge in [0.15, 0.2) is 6.29 Å². The fourth-order valence-corrected chi connectivity index (χ4v) is 5.55. The van der Waals surface area contributed by atoms with Gasteiger partial charge in [-0.15, -0.1) is 0 Å². The Labute approximate surface area is 257 Å². The van der Waals surface area contributed by atoms with Crippen LogP contribution in [0.4, 0.5) is 0 Å². The standard InChI is InChI=1S/C34H41N3O7/c38-23-24-7-9-27(10-8-24)31-20-30(22-37-15-17-42-18-16-37)43-34(44-31)28-13-11-26(12-14-28)29-4-1-3-25(19-29)21-35-32(39)5-2-6-33(40)36-41/h1,3-4,7-14,19,30-31,34,38,41H,2,5-6,15-18,20-23H2,(H,35,39)(H,36,40)/t30-,31+,34+/m1/s1. The maximum Gasteiger partial charge on any atom is 0.243 e. The summed E-state index contributed by atoms with van der Waals surface area (Å²) in [4.78, 5) is 25.7. The Hall–Kier alpha value is -3.64. The van der Waals surface area contributed by atoms with Crippen LogP contribution in [-0.2, 0) is 37.0 Å². The molecule has 44 heavy (non-hydrogen) atoms. The van der Waals surface area contributed by atoms with Crippen molar-refractivity contribution >= 4 is 11.8 Å². The van der Waals surface area contributed by atoms with E-state index < -0.39 is 12.2 Å². The van der Waals surface area contributed by atoms with E-state index in [1.165, 1.54) is 0 Å². The molecule has 2 amide bonds. The monoisotopic (exact) mass is 603 g/mol. The molecule has 2 heterocycles. The van der Waals surface area contributed by atoms with Crippen LogP contribution in [0.2, 0.25) is 0 Å². The van der Waals surface area contributed by atoms with Crippen LogP contribution >= 0.6 is 0 Å². The van der Waals surface area contributed by atoms with Gasteiger partial charge in [-0.3, -0.25) is 19.7 Å². The van der Waals surface area contributed by atoms with Gasteiger partial charge in [0.25, 0.3) is 0 Å². The first-order valence-corrected chi connectivity index (χ1v) is 15.2. The Morgan fingerprint density at radius 2 is 1.57 bits per heavy atom. The van der Waals surface area contributed by atoms with Crippen molar-refractivity contribution in [3.8, 4) is 11.1 Å². The lowest BCUT2D eigenvalue weighted by Crippen LogP contribution is -2.44. The van der Waals surface area contributed by atoms with E-state index in [0.717, 1.165) is 72.6 Å². The molecule has 3 aromatic carbocycles. The molecule has 2 aliphatic heterocycles. The van der Waals surface area contributed by atoms with Crippen LogP contribution in [0.25, 0.3) is 11.1 Å². The van der Waals surface area contributed by atoms with Gasteiger partial charge in [-0.05, 0) is 40.3 Å². The molecule has 3 aromatic rings. The summed E-state index contributed by atoms with van der Waals surface area (Å²) in [5, 5.41) is 20.9. The second-order valence-corrected chi connectivity index (χ2v) is 11.3. The molecule has 234 valence electrons. The molecule has 5 rings (SSSR count). The molecular weight excluding hydrogens is 562 g/mol. The lowest BCUT2D eigenvalue weighted by atomic mass is 9.99. The minimum atomic E-state index is -0.517. The van der Waals surface area contributed by atoms with Crippen molar-refractivity contribution in [3.05, 3.63) is 95.1 Å². The van der Waals surface area contributed by atoms with Crippen LogP contribution < -0.4 is 10.8 Å². The number of ether oxygens (including phenoxy) is 3. The largest absolute Gasteiger partial charge is 0.392 e. The van der Waals surface area contributed by atoms with E-state index >= 15 is 0 Å². The minimum Gasteiger partial charge on any atom is -0.392 e. The number of hydrogen-bond acceptors (Lipinski definition) is 8. The Balaban J connectivity index is 1.24. The Morgan fingerprint density at radius 1 is 0.841 bits per heavy atom. The summed E-state index contributed by atoms with van der Waals surface area (Å²) in [7, 11) is 0. The number of amides is 2. The summed E-state index contributed by atoms with van der Waals surface area (Å²) in [5.41, 5.74) is 7.48. The molecule has 2 saturated heterocycles. The van der Waals surface area contributed by atoms with Gasteiger partial charge in [0.1, 0.15) is 0 Å². The average Bonchev–Trinajstić information content (AvgIpc) is 3.08. The van der Waals surface area contributed by atoms with Gasteiger partial charge < -0.3 is 24.6 Å². The highest BCUT2D eigenvalue weighted by atomic mass is 16.7. The van der Waals surface area contributed by atoms with Gasteiger partial charge in [-0.25, -0.2) is 5.48 Å². The number of benzene rings is 3. The highest BCUT2D eigenvalue weighted by Gasteiger charge is 2.33. The second-order valence-electron chi connectivity index (χ2n) is 11.3. The summed E-state index contributed by atoms with van der Waals surface area (Å²) >= 11 is 0. The number of nitrogens with zero attached hydrogens (tertiary/aromatic N) is 1. The van der Waals surface area contributed by atoms with Gasteiger partial charge in [0.2, 0.25) is 11.8 Å². The molecule has 2 aliphatic rings. The normalized spacial score (nSPS) is 20.6. The van der Waals surface area contributed by atoms with Crippen LogP contribution in [0.15, 0.2) is 72.8 Å². The third-order valence-electron chi connectivity index (χ3n) is 8.05. The smallest absolute Gasteiger partial charge is 0.243 e. The number of carbonyl (C=O) groups excluding carboxylic acids is 2. The number of hydroxylamine groups is 1. The Morgan fingerprint density at radius 3 is 2.30 bits per heavy atom. The maximum absolute atomic E-state index is 12.2. The Kier molecular flexibility index (Phi) is 11.5. The number of aliphatic hydroxyl groups is 1. The lowest BCUT2D eigenvalue weighted by molar-refractivity contribution is -0.253. The summed E-state index contributed by atoms with van der Waals surface area (Å²) in [6.07, 6.45) is 0.756. The van der Waals surface area contributed by atoms with Gasteiger partial charge in [0.05, 0.1) is 32.0 Å². The molecule has 10 nitrogen and oxygen atoms in total. The van der Waals surface area contributed by atoms with E-state index in [-0.39, 0.29) is 37.6 Å². The summed E-state index contributed by atoms with van der Waals surface area (Å²) in [6.45, 7) is 4.46. The van der Waals surface area contributed by atoms with Crippen molar-refractivity contribution in [2.24, 2.45) is 0 Å². The number of nitrogens with one attached hydrogen (secondary N) is 2. The van der Waals surface area contributed by atoms with Gasteiger partial charge >= 0.3 is 0 Å². The first-order chi connectivity index (χ1) is 21.5. The molecule has 4 N–H and O–H groups in total. The van der Waals surface area contributed by atoms with Crippen molar-refractivity contribution in [3.63, 3.8) is 0 Å². The zero-order valence-electron chi connectivity index (χ0n) is 24.8. The van der Waals surface area contributed by atoms with Crippen LogP contribution in [-0.4, -0.2) is 66.0 Å². The molecule has 0 aromatic heterocycles. The third kappa shape index (κ3) is 8.95. The minimum absolute atomic E-state index is 0.00669. The molecule has 0 bridgehead atoms. The molecule has 0 spiro atoms. The molecule has 0 radical (unpaired) electrons. The van der Waals surface area contributed by atoms with Crippen LogP contribution in [0.3, 0.4) is 0 Å².